The molecule has 1 atom stereocenters. The monoisotopic (exact) mass is 388 g/mol. The molecule has 4 N–H and O–H groups in total. The lowest BCUT2D eigenvalue weighted by Crippen LogP contribution is -2.32. The van der Waals surface area contributed by atoms with Crippen LogP contribution in [-0.2, 0) is 11.2 Å². The normalized spacial score (nSPS) is 16.0. The second-order valence-corrected chi connectivity index (χ2v) is 7.66. The van der Waals surface area contributed by atoms with E-state index in [0.717, 1.165) is 17.7 Å². The first-order chi connectivity index (χ1) is 13.0. The van der Waals surface area contributed by atoms with Gasteiger partial charge in [-0.1, -0.05) is 55.8 Å². The van der Waals surface area contributed by atoms with Gasteiger partial charge < -0.3 is 11.1 Å². The van der Waals surface area contributed by atoms with Gasteiger partial charge >= 0.3 is 0 Å². The average Bonchev–Trinajstić information content (AvgIpc) is 3.10. The van der Waals surface area contributed by atoms with Crippen molar-refractivity contribution in [2.24, 2.45) is 11.7 Å². The average molecular weight is 389 g/mol. The Balaban J connectivity index is 1.74. The lowest BCUT2D eigenvalue weighted by Gasteiger charge is -2.22. The maximum Gasteiger partial charge on any atom is 0.255 e. The largest absolute Gasteiger partial charge is 0.370 e. The van der Waals surface area contributed by atoms with E-state index in [1.54, 1.807) is 24.4 Å². The van der Waals surface area contributed by atoms with Gasteiger partial charge in [-0.3, -0.25) is 14.7 Å². The van der Waals surface area contributed by atoms with Crippen molar-refractivity contribution in [2.75, 3.05) is 0 Å². The molecule has 144 valence electrons. The Bertz CT molecular complexity index is 799. The molecule has 1 aliphatic rings. The summed E-state index contributed by atoms with van der Waals surface area (Å²) in [6.45, 7) is 0. The van der Waals surface area contributed by atoms with E-state index in [-0.39, 0.29) is 12.3 Å². The summed E-state index contributed by atoms with van der Waals surface area (Å²) in [6, 6.07) is 6.54. The number of carbonyl (C=O) groups excluding carboxylic acids is 2. The summed E-state index contributed by atoms with van der Waals surface area (Å²) in [7, 11) is 0. The maximum absolute atomic E-state index is 12.9. The molecule has 0 unspecified atom stereocenters. The Morgan fingerprint density at radius 3 is 2.78 bits per heavy atom. The van der Waals surface area contributed by atoms with E-state index in [1.165, 1.54) is 32.1 Å². The van der Waals surface area contributed by atoms with Crippen LogP contribution >= 0.6 is 11.6 Å². The highest BCUT2D eigenvalue weighted by molar-refractivity contribution is 6.30. The van der Waals surface area contributed by atoms with Crippen LogP contribution in [0.4, 0.5) is 0 Å². The third-order valence-electron chi connectivity index (χ3n) is 5.14. The molecule has 1 fully saturated rings. The number of nitrogens with one attached hydrogen (secondary N) is 2. The standard InChI is InChI=1S/C20H25ClN4O2/c21-15-8-4-7-14(10-15)17(11-19(22)26)24-20(27)16-12-23-25-18(16)9-13-5-2-1-3-6-13/h4,7-8,10,12-13,17H,1-3,5-6,9,11H2,(H2,22,26)(H,23,25)(H,24,27)/t17-/m0/s1. The van der Waals surface area contributed by atoms with Gasteiger partial charge in [0.2, 0.25) is 5.91 Å². The number of aromatic amines is 1. The van der Waals surface area contributed by atoms with Crippen molar-refractivity contribution in [3.8, 4) is 0 Å². The minimum Gasteiger partial charge on any atom is -0.370 e. The van der Waals surface area contributed by atoms with Crippen molar-refractivity contribution >= 4 is 23.4 Å². The van der Waals surface area contributed by atoms with Crippen molar-refractivity contribution in [2.45, 2.75) is 51.0 Å². The number of aromatic nitrogens is 2. The molecule has 1 aromatic heterocycles. The third kappa shape index (κ3) is 5.32. The van der Waals surface area contributed by atoms with Crippen molar-refractivity contribution in [3.05, 3.63) is 52.3 Å². The number of nitrogens with zero attached hydrogens (tertiary/aromatic N) is 1. The van der Waals surface area contributed by atoms with Crippen LogP contribution in [0, 0.1) is 5.92 Å². The lowest BCUT2D eigenvalue weighted by molar-refractivity contribution is -0.118. The molecule has 3 rings (SSSR count). The van der Waals surface area contributed by atoms with Gasteiger partial charge in [-0.15, -0.1) is 0 Å². The summed E-state index contributed by atoms with van der Waals surface area (Å²) < 4.78 is 0. The van der Waals surface area contributed by atoms with Gasteiger partial charge in [0.1, 0.15) is 0 Å². The molecule has 2 amide bonds. The van der Waals surface area contributed by atoms with Crippen LogP contribution in [0.2, 0.25) is 5.02 Å². The molecule has 1 heterocycles. The van der Waals surface area contributed by atoms with Gasteiger partial charge in [-0.2, -0.15) is 5.10 Å². The molecule has 0 saturated heterocycles. The Morgan fingerprint density at radius 2 is 2.07 bits per heavy atom. The Labute approximate surface area is 163 Å². The molecular formula is C20H25ClN4O2. The smallest absolute Gasteiger partial charge is 0.255 e. The fraction of sp³-hybridized carbons (Fsp3) is 0.450. The predicted molar refractivity (Wildman–Crippen MR) is 104 cm³/mol. The molecule has 0 bridgehead atoms. The van der Waals surface area contributed by atoms with Crippen molar-refractivity contribution in [3.63, 3.8) is 0 Å². The van der Waals surface area contributed by atoms with Crippen LogP contribution < -0.4 is 11.1 Å². The van der Waals surface area contributed by atoms with Crippen LogP contribution in [0.3, 0.4) is 0 Å². The van der Waals surface area contributed by atoms with Crippen molar-refractivity contribution < 1.29 is 9.59 Å². The molecular weight excluding hydrogens is 364 g/mol. The topological polar surface area (TPSA) is 101 Å². The number of rotatable bonds is 7. The molecule has 6 nitrogen and oxygen atoms in total. The molecule has 0 spiro atoms. The number of halogens is 1. The molecule has 0 radical (unpaired) electrons. The first kappa shape index (κ1) is 19.4. The van der Waals surface area contributed by atoms with Crippen LogP contribution in [0.25, 0.3) is 0 Å². The number of hydrogen-bond donors (Lipinski definition) is 3. The van der Waals surface area contributed by atoms with Gasteiger partial charge in [-0.25, -0.2) is 0 Å². The van der Waals surface area contributed by atoms with Crippen LogP contribution in [0.1, 0.15) is 66.2 Å². The molecule has 2 aromatic rings. The number of amides is 2. The van der Waals surface area contributed by atoms with Gasteiger partial charge in [0.25, 0.3) is 5.91 Å². The fourth-order valence-electron chi connectivity index (χ4n) is 3.76. The van der Waals surface area contributed by atoms with E-state index >= 15 is 0 Å². The number of carbonyl (C=O) groups is 2. The van der Waals surface area contributed by atoms with Gasteiger partial charge in [0.05, 0.1) is 24.2 Å². The van der Waals surface area contributed by atoms with Gasteiger partial charge in [0.15, 0.2) is 0 Å². The second-order valence-electron chi connectivity index (χ2n) is 7.22. The summed E-state index contributed by atoms with van der Waals surface area (Å²) in [5.41, 5.74) is 7.49. The molecule has 1 aromatic carbocycles. The van der Waals surface area contributed by atoms with Crippen LogP contribution in [0.5, 0.6) is 0 Å². The van der Waals surface area contributed by atoms with Gasteiger partial charge in [-0.05, 0) is 30.0 Å². The first-order valence-corrected chi connectivity index (χ1v) is 9.77. The Kier molecular flexibility index (Phi) is 6.50. The zero-order valence-electron chi connectivity index (χ0n) is 15.2. The molecule has 7 heteroatoms. The quantitative estimate of drug-likeness (QED) is 0.676. The summed E-state index contributed by atoms with van der Waals surface area (Å²) in [5.74, 6) is -0.171. The zero-order valence-corrected chi connectivity index (χ0v) is 16.0. The first-order valence-electron chi connectivity index (χ1n) is 9.40. The van der Waals surface area contributed by atoms with Crippen molar-refractivity contribution in [1.29, 1.82) is 0 Å². The lowest BCUT2D eigenvalue weighted by atomic mass is 9.85. The van der Waals surface area contributed by atoms with Crippen LogP contribution in [0.15, 0.2) is 30.5 Å². The minimum absolute atomic E-state index is 0.00188. The number of benzene rings is 1. The predicted octanol–water partition coefficient (Wildman–Crippen LogP) is 3.53. The summed E-state index contributed by atoms with van der Waals surface area (Å²) in [6.07, 6.45) is 8.53. The molecule has 1 aliphatic carbocycles. The van der Waals surface area contributed by atoms with E-state index in [0.29, 0.717) is 16.5 Å². The van der Waals surface area contributed by atoms with E-state index in [4.69, 9.17) is 17.3 Å². The van der Waals surface area contributed by atoms with E-state index in [9.17, 15) is 9.59 Å². The second kappa shape index (κ2) is 9.04. The summed E-state index contributed by atoms with van der Waals surface area (Å²) in [5, 5.41) is 10.5. The number of H-pyrrole nitrogens is 1. The SMILES string of the molecule is NC(=O)C[C@H](NC(=O)c1cn[nH]c1CC1CCCCC1)c1cccc(Cl)c1. The summed E-state index contributed by atoms with van der Waals surface area (Å²) in [4.78, 5) is 24.3. The molecule has 0 aliphatic heterocycles. The highest BCUT2D eigenvalue weighted by Gasteiger charge is 2.23. The summed E-state index contributed by atoms with van der Waals surface area (Å²) >= 11 is 6.05. The highest BCUT2D eigenvalue weighted by atomic mass is 35.5. The van der Waals surface area contributed by atoms with E-state index < -0.39 is 11.9 Å². The minimum atomic E-state index is -0.536. The van der Waals surface area contributed by atoms with E-state index in [2.05, 4.69) is 15.5 Å². The Hall–Kier alpha value is -2.34. The number of primary amides is 1. The van der Waals surface area contributed by atoms with Crippen LogP contribution in [-0.4, -0.2) is 22.0 Å². The molecule has 27 heavy (non-hydrogen) atoms. The number of nitrogens with two attached hydrogens (primary N) is 1. The highest BCUT2D eigenvalue weighted by Crippen LogP contribution is 2.27. The maximum atomic E-state index is 12.9. The van der Waals surface area contributed by atoms with E-state index in [1.807, 2.05) is 6.07 Å². The van der Waals surface area contributed by atoms with Gasteiger partial charge in [0, 0.05) is 10.7 Å². The fourth-order valence-corrected chi connectivity index (χ4v) is 3.96. The Morgan fingerprint density at radius 1 is 1.30 bits per heavy atom. The molecule has 1 saturated carbocycles. The third-order valence-corrected chi connectivity index (χ3v) is 5.38. The zero-order chi connectivity index (χ0) is 19.2. The van der Waals surface area contributed by atoms with Crippen molar-refractivity contribution in [1.82, 2.24) is 15.5 Å². The number of hydrogen-bond acceptors (Lipinski definition) is 3.